The Hall–Kier alpha value is -2.88. The molecule has 0 bridgehead atoms. The molecule has 1 aliphatic heterocycles. The van der Waals surface area contributed by atoms with Crippen LogP contribution in [0.1, 0.15) is 11.1 Å². The number of hydrogen-bond donors (Lipinski definition) is 0. The summed E-state index contributed by atoms with van der Waals surface area (Å²) in [5, 5.41) is 0. The lowest BCUT2D eigenvalue weighted by molar-refractivity contribution is -0.129. The monoisotopic (exact) mass is 279 g/mol. The van der Waals surface area contributed by atoms with Crippen molar-refractivity contribution < 1.29 is 14.3 Å². The lowest BCUT2D eigenvalue weighted by Crippen LogP contribution is -2.05. The van der Waals surface area contributed by atoms with Crippen LogP contribution in [-0.2, 0) is 9.53 Å². The molecule has 0 N–H and O–H groups in total. The molecule has 4 heteroatoms. The van der Waals surface area contributed by atoms with E-state index in [0.717, 1.165) is 5.56 Å². The molecule has 21 heavy (non-hydrogen) atoms. The SMILES string of the molecule is COc1cccc(C2=NC(=Cc3ccccc3)C(=O)O2)c1. The predicted octanol–water partition coefficient (Wildman–Crippen LogP) is 3.04. The number of ether oxygens (including phenoxy) is 2. The van der Waals surface area contributed by atoms with Gasteiger partial charge >= 0.3 is 5.97 Å². The van der Waals surface area contributed by atoms with Gasteiger partial charge in [-0.25, -0.2) is 9.79 Å². The maximum Gasteiger partial charge on any atom is 0.363 e. The molecule has 104 valence electrons. The number of aliphatic imine (C=N–C) groups is 1. The number of hydrogen-bond acceptors (Lipinski definition) is 4. The smallest absolute Gasteiger partial charge is 0.363 e. The zero-order valence-corrected chi connectivity index (χ0v) is 11.4. The van der Waals surface area contributed by atoms with E-state index in [9.17, 15) is 4.79 Å². The van der Waals surface area contributed by atoms with Crippen LogP contribution in [0.5, 0.6) is 5.75 Å². The topological polar surface area (TPSA) is 47.9 Å². The van der Waals surface area contributed by atoms with Crippen LogP contribution in [0.25, 0.3) is 6.08 Å². The number of methoxy groups -OCH3 is 1. The van der Waals surface area contributed by atoms with Crippen LogP contribution in [-0.4, -0.2) is 19.0 Å². The second-order valence-electron chi connectivity index (χ2n) is 4.48. The Morgan fingerprint density at radius 3 is 2.67 bits per heavy atom. The molecule has 4 nitrogen and oxygen atoms in total. The van der Waals surface area contributed by atoms with Gasteiger partial charge in [0.05, 0.1) is 7.11 Å². The third kappa shape index (κ3) is 2.84. The maximum absolute atomic E-state index is 11.9. The molecule has 2 aromatic rings. The Morgan fingerprint density at radius 1 is 1.10 bits per heavy atom. The summed E-state index contributed by atoms with van der Waals surface area (Å²) in [4.78, 5) is 16.1. The molecule has 0 fully saturated rings. The molecule has 1 heterocycles. The van der Waals surface area contributed by atoms with Crippen LogP contribution in [0.15, 0.2) is 65.3 Å². The van der Waals surface area contributed by atoms with Gasteiger partial charge in [-0.05, 0) is 29.8 Å². The minimum Gasteiger partial charge on any atom is -0.497 e. The van der Waals surface area contributed by atoms with Crippen LogP contribution in [0.4, 0.5) is 0 Å². The standard InChI is InChI=1S/C17H13NO3/c1-20-14-9-5-8-13(11-14)16-18-15(17(19)21-16)10-12-6-3-2-4-7-12/h2-11H,1H3. The fraction of sp³-hybridized carbons (Fsp3) is 0.0588. The number of rotatable bonds is 3. The van der Waals surface area contributed by atoms with E-state index in [1.165, 1.54) is 0 Å². The zero-order valence-electron chi connectivity index (χ0n) is 11.4. The van der Waals surface area contributed by atoms with E-state index in [2.05, 4.69) is 4.99 Å². The van der Waals surface area contributed by atoms with Crippen LogP contribution in [0, 0.1) is 0 Å². The summed E-state index contributed by atoms with van der Waals surface area (Å²) in [7, 11) is 1.59. The molecule has 0 saturated carbocycles. The Bertz CT molecular complexity index is 733. The zero-order chi connectivity index (χ0) is 14.7. The van der Waals surface area contributed by atoms with Gasteiger partial charge in [-0.3, -0.25) is 0 Å². The number of nitrogens with zero attached hydrogens (tertiary/aromatic N) is 1. The highest BCUT2D eigenvalue weighted by Crippen LogP contribution is 2.21. The van der Waals surface area contributed by atoms with Gasteiger partial charge < -0.3 is 9.47 Å². The van der Waals surface area contributed by atoms with Gasteiger partial charge in [-0.2, -0.15) is 0 Å². The first-order chi connectivity index (χ1) is 10.3. The minimum atomic E-state index is -0.448. The minimum absolute atomic E-state index is 0.291. The van der Waals surface area contributed by atoms with Gasteiger partial charge in [0.15, 0.2) is 5.70 Å². The van der Waals surface area contributed by atoms with E-state index < -0.39 is 5.97 Å². The Balaban J connectivity index is 1.93. The van der Waals surface area contributed by atoms with Crippen LogP contribution in [0.3, 0.4) is 0 Å². The van der Waals surface area contributed by atoms with E-state index in [4.69, 9.17) is 9.47 Å². The second-order valence-corrected chi connectivity index (χ2v) is 4.48. The van der Waals surface area contributed by atoms with E-state index >= 15 is 0 Å². The predicted molar refractivity (Wildman–Crippen MR) is 80.0 cm³/mol. The van der Waals surface area contributed by atoms with Crippen molar-refractivity contribution in [3.63, 3.8) is 0 Å². The molecule has 0 unspecified atom stereocenters. The number of carbonyl (C=O) groups excluding carboxylic acids is 1. The molecule has 0 spiro atoms. The van der Waals surface area contributed by atoms with Crippen LogP contribution in [0.2, 0.25) is 0 Å². The first-order valence-corrected chi connectivity index (χ1v) is 6.48. The van der Waals surface area contributed by atoms with E-state index in [-0.39, 0.29) is 0 Å². The van der Waals surface area contributed by atoms with Gasteiger partial charge in [-0.15, -0.1) is 0 Å². The van der Waals surface area contributed by atoms with Crippen LogP contribution >= 0.6 is 0 Å². The van der Waals surface area contributed by atoms with Gasteiger partial charge in [0.1, 0.15) is 5.75 Å². The van der Waals surface area contributed by atoms with Crippen molar-refractivity contribution in [1.29, 1.82) is 0 Å². The highest BCUT2D eigenvalue weighted by Gasteiger charge is 2.24. The molecule has 2 aromatic carbocycles. The third-order valence-electron chi connectivity index (χ3n) is 3.04. The molecular weight excluding hydrogens is 266 g/mol. The van der Waals surface area contributed by atoms with Crippen molar-refractivity contribution in [3.05, 3.63) is 71.4 Å². The molecule has 3 rings (SSSR count). The lowest BCUT2D eigenvalue weighted by Gasteiger charge is -2.02. The highest BCUT2D eigenvalue weighted by molar-refractivity contribution is 6.12. The molecule has 0 aromatic heterocycles. The molecule has 0 amide bonds. The average molecular weight is 279 g/mol. The van der Waals surface area contributed by atoms with Gasteiger partial charge in [-0.1, -0.05) is 36.4 Å². The fourth-order valence-corrected chi connectivity index (χ4v) is 2.00. The summed E-state index contributed by atoms with van der Waals surface area (Å²) in [6, 6.07) is 16.8. The maximum atomic E-state index is 11.9. The largest absolute Gasteiger partial charge is 0.497 e. The molecule has 0 saturated heterocycles. The van der Waals surface area contributed by atoms with Crippen molar-refractivity contribution in [3.8, 4) is 5.75 Å². The third-order valence-corrected chi connectivity index (χ3v) is 3.04. The first kappa shape index (κ1) is 13.1. The Kier molecular flexibility index (Phi) is 3.51. The molecule has 1 aliphatic rings. The lowest BCUT2D eigenvalue weighted by atomic mass is 10.2. The Labute approximate surface area is 122 Å². The van der Waals surface area contributed by atoms with Crippen molar-refractivity contribution in [2.24, 2.45) is 4.99 Å². The summed E-state index contributed by atoms with van der Waals surface area (Å²) in [6.07, 6.45) is 1.70. The second kappa shape index (κ2) is 5.63. The number of cyclic esters (lactones) is 1. The fourth-order valence-electron chi connectivity index (χ4n) is 2.00. The van der Waals surface area contributed by atoms with Crippen molar-refractivity contribution in [2.45, 2.75) is 0 Å². The van der Waals surface area contributed by atoms with E-state index in [1.807, 2.05) is 48.5 Å². The van der Waals surface area contributed by atoms with Gasteiger partial charge in [0, 0.05) is 5.56 Å². The quantitative estimate of drug-likeness (QED) is 0.641. The van der Waals surface area contributed by atoms with E-state index in [1.54, 1.807) is 19.3 Å². The summed E-state index contributed by atoms with van der Waals surface area (Å²) in [6.45, 7) is 0. The summed E-state index contributed by atoms with van der Waals surface area (Å²) in [5.74, 6) is 0.532. The molecule has 0 atom stereocenters. The van der Waals surface area contributed by atoms with E-state index in [0.29, 0.717) is 22.9 Å². The number of carbonyl (C=O) groups is 1. The van der Waals surface area contributed by atoms with Crippen molar-refractivity contribution in [2.75, 3.05) is 7.11 Å². The average Bonchev–Trinajstić information content (AvgIpc) is 2.89. The summed E-state index contributed by atoms with van der Waals surface area (Å²) < 4.78 is 10.4. The Morgan fingerprint density at radius 2 is 1.90 bits per heavy atom. The molecular formula is C17H13NO3. The molecule has 0 aliphatic carbocycles. The normalized spacial score (nSPS) is 15.8. The summed E-state index contributed by atoms with van der Waals surface area (Å²) >= 11 is 0. The van der Waals surface area contributed by atoms with Gasteiger partial charge in [0.25, 0.3) is 0 Å². The van der Waals surface area contributed by atoms with Gasteiger partial charge in [0.2, 0.25) is 5.90 Å². The summed E-state index contributed by atoms with van der Waals surface area (Å²) in [5.41, 5.74) is 1.90. The first-order valence-electron chi connectivity index (χ1n) is 6.48. The van der Waals surface area contributed by atoms with Crippen molar-refractivity contribution in [1.82, 2.24) is 0 Å². The number of benzene rings is 2. The highest BCUT2D eigenvalue weighted by atomic mass is 16.6. The van der Waals surface area contributed by atoms with Crippen LogP contribution < -0.4 is 4.74 Å². The van der Waals surface area contributed by atoms with Crippen molar-refractivity contribution >= 4 is 17.9 Å². The molecule has 0 radical (unpaired) electrons. The number of esters is 1.